The summed E-state index contributed by atoms with van der Waals surface area (Å²) in [6, 6.07) is -0.723. The molecular formula is C56H99NO5. The third-order valence-electron chi connectivity index (χ3n) is 11.6. The standard InChI is InChI=1S/C56H99NO5/c1-4-7-10-13-16-19-22-25-28-31-34-37-40-43-46-49-56(61)62-52(47-44-41-38-35-32-29-26-23-20-17-14-11-8-5-2)50-55(60)57-53(51-58)54(59)48-45-42-39-36-33-30-27-24-21-18-15-12-9-6-3/h7,10,13,16,19,22,25,28-29,32,35,38,52-54,58-59H,4-6,8-9,11-12,14-15,17-18,20-21,23-24,26-27,30-31,33-34,36-37,39-51H2,1-3H3,(H,57,60)/b10-7+,16-13+,22-19+,28-25-,32-29+,38-35+. The van der Waals surface area contributed by atoms with E-state index in [1.807, 2.05) is 18.2 Å². The zero-order valence-electron chi connectivity index (χ0n) is 40.7. The van der Waals surface area contributed by atoms with Crippen LogP contribution in [-0.4, -0.2) is 46.9 Å². The minimum absolute atomic E-state index is 0.0325. The Balaban J connectivity index is 4.68. The summed E-state index contributed by atoms with van der Waals surface area (Å²) in [7, 11) is 0. The molecule has 0 heterocycles. The first-order valence-electron chi connectivity index (χ1n) is 26.2. The van der Waals surface area contributed by atoms with Crippen LogP contribution in [0, 0.1) is 0 Å². The van der Waals surface area contributed by atoms with Crippen molar-refractivity contribution in [3.05, 3.63) is 72.9 Å². The number of allylic oxidation sites excluding steroid dienone is 12. The van der Waals surface area contributed by atoms with E-state index < -0.39 is 18.2 Å². The number of carbonyl (C=O) groups excluding carboxylic acids is 2. The highest BCUT2D eigenvalue weighted by molar-refractivity contribution is 5.77. The Hall–Kier alpha value is -2.70. The number of nitrogens with one attached hydrogen (secondary N) is 1. The average Bonchev–Trinajstić information content (AvgIpc) is 3.26. The minimum atomic E-state index is -0.806. The molecule has 0 bridgehead atoms. The van der Waals surface area contributed by atoms with E-state index in [4.69, 9.17) is 4.74 Å². The van der Waals surface area contributed by atoms with Crippen LogP contribution in [0.5, 0.6) is 0 Å². The molecule has 0 aromatic carbocycles. The van der Waals surface area contributed by atoms with Gasteiger partial charge >= 0.3 is 5.97 Å². The van der Waals surface area contributed by atoms with E-state index in [0.717, 1.165) is 83.5 Å². The van der Waals surface area contributed by atoms with Crippen molar-refractivity contribution in [2.75, 3.05) is 6.61 Å². The fourth-order valence-electron chi connectivity index (χ4n) is 7.67. The SMILES string of the molecule is CC/C=C/C=C/C=C/C=C\CCCCCCCC(=O)OC(CCC/C=C/C=C/CCCCCCCCC)CC(=O)NC(CO)C(O)CCCCCCCCCCCCCCCC. The molecule has 0 aromatic heterocycles. The highest BCUT2D eigenvalue weighted by atomic mass is 16.5. The van der Waals surface area contributed by atoms with Crippen molar-refractivity contribution in [3.8, 4) is 0 Å². The zero-order valence-corrected chi connectivity index (χ0v) is 40.7. The van der Waals surface area contributed by atoms with Gasteiger partial charge in [0.15, 0.2) is 0 Å². The summed E-state index contributed by atoms with van der Waals surface area (Å²) in [5, 5.41) is 23.8. The molecule has 0 radical (unpaired) electrons. The summed E-state index contributed by atoms with van der Waals surface area (Å²) in [5.74, 6) is -0.548. The van der Waals surface area contributed by atoms with Crippen LogP contribution in [0.2, 0.25) is 0 Å². The summed E-state index contributed by atoms with van der Waals surface area (Å²) in [6.45, 7) is 6.33. The fourth-order valence-corrected chi connectivity index (χ4v) is 7.67. The average molecular weight is 866 g/mol. The van der Waals surface area contributed by atoms with Gasteiger partial charge in [0.2, 0.25) is 5.91 Å². The molecule has 0 rings (SSSR count). The number of hydrogen-bond donors (Lipinski definition) is 3. The second kappa shape index (κ2) is 49.3. The number of hydrogen-bond acceptors (Lipinski definition) is 5. The van der Waals surface area contributed by atoms with Crippen LogP contribution < -0.4 is 5.32 Å². The molecule has 0 aliphatic rings. The highest BCUT2D eigenvalue weighted by Gasteiger charge is 2.24. The molecule has 0 aromatic rings. The van der Waals surface area contributed by atoms with Gasteiger partial charge in [-0.2, -0.15) is 0 Å². The molecular weight excluding hydrogens is 767 g/mol. The smallest absolute Gasteiger partial charge is 0.306 e. The van der Waals surface area contributed by atoms with Gasteiger partial charge in [0, 0.05) is 6.42 Å². The van der Waals surface area contributed by atoms with Gasteiger partial charge in [-0.15, -0.1) is 0 Å². The van der Waals surface area contributed by atoms with Crippen LogP contribution in [0.4, 0.5) is 0 Å². The number of aliphatic hydroxyl groups is 2. The molecule has 3 N–H and O–H groups in total. The number of rotatable bonds is 46. The predicted molar refractivity (Wildman–Crippen MR) is 268 cm³/mol. The molecule has 358 valence electrons. The van der Waals surface area contributed by atoms with Crippen molar-refractivity contribution >= 4 is 11.9 Å². The predicted octanol–water partition coefficient (Wildman–Crippen LogP) is 15.8. The molecule has 0 aliphatic carbocycles. The Morgan fingerprint density at radius 1 is 0.484 bits per heavy atom. The summed E-state index contributed by atoms with van der Waals surface area (Å²) >= 11 is 0. The Labute approximate surface area is 383 Å². The van der Waals surface area contributed by atoms with Crippen LogP contribution in [0.1, 0.15) is 245 Å². The molecule has 0 aliphatic heterocycles. The van der Waals surface area contributed by atoms with Crippen molar-refractivity contribution in [3.63, 3.8) is 0 Å². The second-order valence-corrected chi connectivity index (χ2v) is 17.7. The van der Waals surface area contributed by atoms with Crippen LogP contribution in [0.25, 0.3) is 0 Å². The van der Waals surface area contributed by atoms with Crippen molar-refractivity contribution < 1.29 is 24.5 Å². The molecule has 0 spiro atoms. The first kappa shape index (κ1) is 59.3. The molecule has 1 amide bonds. The largest absolute Gasteiger partial charge is 0.462 e. The third-order valence-corrected chi connectivity index (χ3v) is 11.6. The Bertz CT molecular complexity index is 1150. The quantitative estimate of drug-likeness (QED) is 0.0322. The molecule has 0 saturated heterocycles. The number of unbranched alkanes of at least 4 members (excludes halogenated alkanes) is 26. The third kappa shape index (κ3) is 43.9. The first-order chi connectivity index (χ1) is 30.5. The summed E-state index contributed by atoms with van der Waals surface area (Å²) in [4.78, 5) is 26.1. The molecule has 3 unspecified atom stereocenters. The lowest BCUT2D eigenvalue weighted by Gasteiger charge is -2.24. The van der Waals surface area contributed by atoms with Crippen molar-refractivity contribution in [2.24, 2.45) is 0 Å². The van der Waals surface area contributed by atoms with E-state index in [-0.39, 0.29) is 24.9 Å². The van der Waals surface area contributed by atoms with Gasteiger partial charge in [-0.1, -0.05) is 241 Å². The lowest BCUT2D eigenvalue weighted by atomic mass is 10.0. The lowest BCUT2D eigenvalue weighted by Crippen LogP contribution is -2.46. The maximum Gasteiger partial charge on any atom is 0.306 e. The molecule has 3 atom stereocenters. The van der Waals surface area contributed by atoms with E-state index in [1.165, 1.54) is 116 Å². The van der Waals surface area contributed by atoms with Gasteiger partial charge in [0.05, 0.1) is 25.2 Å². The summed E-state index contributed by atoms with van der Waals surface area (Å²) < 4.78 is 5.90. The van der Waals surface area contributed by atoms with Gasteiger partial charge in [0.1, 0.15) is 6.10 Å². The lowest BCUT2D eigenvalue weighted by molar-refractivity contribution is -0.151. The van der Waals surface area contributed by atoms with Crippen LogP contribution in [0.3, 0.4) is 0 Å². The first-order valence-corrected chi connectivity index (χ1v) is 26.2. The monoisotopic (exact) mass is 866 g/mol. The van der Waals surface area contributed by atoms with E-state index in [1.54, 1.807) is 0 Å². The minimum Gasteiger partial charge on any atom is -0.462 e. The number of amides is 1. The molecule has 0 fully saturated rings. The fraction of sp³-hybridized carbons (Fsp3) is 0.750. The Morgan fingerprint density at radius 2 is 0.887 bits per heavy atom. The molecule has 6 heteroatoms. The summed E-state index contributed by atoms with van der Waals surface area (Å²) in [6.07, 6.45) is 62.5. The van der Waals surface area contributed by atoms with E-state index >= 15 is 0 Å². The van der Waals surface area contributed by atoms with Gasteiger partial charge < -0.3 is 20.3 Å². The maximum atomic E-state index is 13.2. The van der Waals surface area contributed by atoms with Gasteiger partial charge in [-0.25, -0.2) is 0 Å². The van der Waals surface area contributed by atoms with Crippen molar-refractivity contribution in [2.45, 2.75) is 264 Å². The number of esters is 1. The van der Waals surface area contributed by atoms with Crippen molar-refractivity contribution in [1.82, 2.24) is 5.32 Å². The Morgan fingerprint density at radius 3 is 1.37 bits per heavy atom. The van der Waals surface area contributed by atoms with Gasteiger partial charge in [-0.05, 0) is 64.2 Å². The van der Waals surface area contributed by atoms with Gasteiger partial charge in [-0.3, -0.25) is 9.59 Å². The number of aliphatic hydroxyl groups excluding tert-OH is 2. The van der Waals surface area contributed by atoms with Gasteiger partial charge in [0.25, 0.3) is 0 Å². The zero-order chi connectivity index (χ0) is 45.2. The molecule has 6 nitrogen and oxygen atoms in total. The topological polar surface area (TPSA) is 95.9 Å². The van der Waals surface area contributed by atoms with Crippen LogP contribution in [0.15, 0.2) is 72.9 Å². The Kier molecular flexibility index (Phi) is 47.2. The highest BCUT2D eigenvalue weighted by Crippen LogP contribution is 2.17. The van der Waals surface area contributed by atoms with Crippen LogP contribution >= 0.6 is 0 Å². The van der Waals surface area contributed by atoms with Crippen LogP contribution in [-0.2, 0) is 14.3 Å². The van der Waals surface area contributed by atoms with E-state index in [9.17, 15) is 19.8 Å². The van der Waals surface area contributed by atoms with E-state index in [0.29, 0.717) is 19.3 Å². The second-order valence-electron chi connectivity index (χ2n) is 17.7. The molecule has 62 heavy (non-hydrogen) atoms. The van der Waals surface area contributed by atoms with Crippen molar-refractivity contribution in [1.29, 1.82) is 0 Å². The van der Waals surface area contributed by atoms with E-state index in [2.05, 4.69) is 80.8 Å². The number of carbonyl (C=O) groups is 2. The number of ether oxygens (including phenoxy) is 1. The molecule has 0 saturated carbocycles. The summed E-state index contributed by atoms with van der Waals surface area (Å²) in [5.41, 5.74) is 0. The maximum absolute atomic E-state index is 13.2. The normalized spacial score (nSPS) is 13.8.